The Hall–Kier alpha value is 0.400. The van der Waals surface area contributed by atoms with Gasteiger partial charge in [-0.15, -0.1) is 0 Å². The summed E-state index contributed by atoms with van der Waals surface area (Å²) >= 11 is 4.89. The monoisotopic (exact) mass is 158 g/mol. The van der Waals surface area contributed by atoms with Gasteiger partial charge in [0, 0.05) is 14.1 Å². The van der Waals surface area contributed by atoms with Crippen molar-refractivity contribution in [3.8, 4) is 0 Å². The van der Waals surface area contributed by atoms with Crippen molar-refractivity contribution >= 4 is 18.1 Å². The zero-order chi connectivity index (χ0) is 6.78. The Bertz CT molecular complexity index is 111. The molecule has 0 bridgehead atoms. The summed E-state index contributed by atoms with van der Waals surface area (Å²) in [5, 5.41) is 3.41. The van der Waals surface area contributed by atoms with Gasteiger partial charge >= 0.3 is 6.87 Å². The summed E-state index contributed by atoms with van der Waals surface area (Å²) in [6, 6.07) is 0. The maximum atomic E-state index is 10.2. The quantitative estimate of drug-likeness (QED) is 0.451. The van der Waals surface area contributed by atoms with Crippen molar-refractivity contribution in [2.75, 3.05) is 14.1 Å². The van der Waals surface area contributed by atoms with Crippen LogP contribution in [-0.4, -0.2) is 24.0 Å². The third kappa shape index (κ3) is 6.40. The van der Waals surface area contributed by atoms with Crippen molar-refractivity contribution in [3.63, 3.8) is 0 Å². The van der Waals surface area contributed by atoms with Crippen LogP contribution in [0.1, 0.15) is 0 Å². The molecule has 1 atom stereocenters. The van der Waals surface area contributed by atoms with Crippen LogP contribution in [0.2, 0.25) is 0 Å². The Morgan fingerprint density at radius 2 is 2.12 bits per heavy atom. The van der Waals surface area contributed by atoms with Crippen molar-refractivity contribution in [1.82, 2.24) is 10.2 Å². The van der Waals surface area contributed by atoms with Crippen LogP contribution >= 0.6 is 18.1 Å². The molecule has 0 aliphatic heterocycles. The summed E-state index contributed by atoms with van der Waals surface area (Å²) in [5.41, 5.74) is 0. The summed E-state index contributed by atoms with van der Waals surface area (Å²) in [5.74, 6) is 0. The first kappa shape index (κ1) is 8.40. The predicted molar refractivity (Wildman–Crippen MR) is 32.5 cm³/mol. The topological polar surface area (TPSA) is 52.6 Å². The molecule has 8 heavy (non-hydrogen) atoms. The van der Waals surface area contributed by atoms with Crippen molar-refractivity contribution in [1.29, 1.82) is 0 Å². The van der Waals surface area contributed by atoms with Crippen LogP contribution in [0.3, 0.4) is 0 Å². The number of hydrogen-bond donors (Lipinski definition) is 2. The van der Waals surface area contributed by atoms with E-state index >= 15 is 0 Å². The van der Waals surface area contributed by atoms with Gasteiger partial charge in [-0.1, -0.05) is 0 Å². The lowest BCUT2D eigenvalue weighted by atomic mass is 11.2. The van der Waals surface area contributed by atoms with Crippen molar-refractivity contribution in [2.24, 2.45) is 0 Å². The summed E-state index contributed by atoms with van der Waals surface area (Å²) in [4.78, 5) is 8.36. The Morgan fingerprint density at radius 3 is 2.12 bits per heavy atom. The highest BCUT2D eigenvalue weighted by Gasteiger charge is 2.11. The number of hydrazine groups is 1. The molecule has 1 unspecified atom stereocenters. The second kappa shape index (κ2) is 2.80. The molecule has 50 valence electrons. The molecule has 0 fully saturated rings. The molecule has 6 heteroatoms. The average Bonchev–Trinajstić information content (AvgIpc) is 1.21. The average molecular weight is 159 g/mol. The molecule has 0 saturated carbocycles. The fourth-order valence-electron chi connectivity index (χ4n) is 0.247. The highest BCUT2D eigenvalue weighted by atomic mass is 35.7. The van der Waals surface area contributed by atoms with E-state index < -0.39 is 6.87 Å². The number of nitrogens with one attached hydrogen (secondary N) is 1. The van der Waals surface area contributed by atoms with Gasteiger partial charge in [-0.2, -0.15) is 5.20 Å². The molecular formula is C2H8ClN2O2P. The van der Waals surface area contributed by atoms with E-state index in [4.69, 9.17) is 16.1 Å². The SMILES string of the molecule is CN(C)NP(=O)(O)Cl. The van der Waals surface area contributed by atoms with Crippen LogP contribution in [0.4, 0.5) is 0 Å². The minimum absolute atomic E-state index is 1.31. The first-order valence-electron chi connectivity index (χ1n) is 1.89. The third-order valence-electron chi connectivity index (χ3n) is 0.323. The highest BCUT2D eigenvalue weighted by molar-refractivity contribution is 7.82. The first-order valence-corrected chi connectivity index (χ1v) is 4.46. The molecule has 0 aromatic rings. The van der Waals surface area contributed by atoms with E-state index in [2.05, 4.69) is 5.20 Å². The second-order valence-corrected chi connectivity index (χ2v) is 4.08. The van der Waals surface area contributed by atoms with E-state index in [-0.39, 0.29) is 0 Å². The van der Waals surface area contributed by atoms with Crippen molar-refractivity contribution in [2.45, 2.75) is 0 Å². The van der Waals surface area contributed by atoms with Crippen LogP contribution < -0.4 is 5.20 Å². The van der Waals surface area contributed by atoms with E-state index in [1.165, 1.54) is 5.01 Å². The van der Waals surface area contributed by atoms with Crippen molar-refractivity contribution in [3.05, 3.63) is 0 Å². The molecule has 0 spiro atoms. The number of rotatable bonds is 2. The molecule has 0 radical (unpaired) electrons. The molecule has 2 N–H and O–H groups in total. The molecule has 0 rings (SSSR count). The van der Waals surface area contributed by atoms with Gasteiger partial charge in [0.1, 0.15) is 0 Å². The molecule has 0 aromatic carbocycles. The maximum Gasteiger partial charge on any atom is 0.371 e. The van der Waals surface area contributed by atoms with E-state index in [0.29, 0.717) is 0 Å². The Balaban J connectivity index is 3.56. The standard InChI is InChI=1S/C2H8ClN2O2P/c1-5(2)4-8(3,6)7/h1-2H3,(H2,4,6,7). The van der Waals surface area contributed by atoms with Crippen LogP contribution in [0.15, 0.2) is 0 Å². The summed E-state index contributed by atoms with van der Waals surface area (Å²) in [6.45, 7) is -3.57. The molecule has 4 nitrogen and oxygen atoms in total. The molecule has 0 aliphatic carbocycles. The Labute approximate surface area is 52.7 Å². The lowest BCUT2D eigenvalue weighted by Crippen LogP contribution is -2.25. The van der Waals surface area contributed by atoms with Gasteiger partial charge in [0.2, 0.25) is 0 Å². The zero-order valence-electron chi connectivity index (χ0n) is 4.63. The van der Waals surface area contributed by atoms with Crippen LogP contribution in [0.5, 0.6) is 0 Å². The first-order chi connectivity index (χ1) is 3.42. The van der Waals surface area contributed by atoms with Crippen LogP contribution in [0, 0.1) is 0 Å². The van der Waals surface area contributed by atoms with E-state index in [1.807, 2.05) is 0 Å². The van der Waals surface area contributed by atoms with Gasteiger partial charge in [0.05, 0.1) is 0 Å². The highest BCUT2D eigenvalue weighted by Crippen LogP contribution is 2.40. The lowest BCUT2D eigenvalue weighted by Gasteiger charge is -2.11. The molecule has 0 aliphatic rings. The number of halogens is 1. The van der Waals surface area contributed by atoms with Crippen LogP contribution in [0.25, 0.3) is 0 Å². The molecule has 0 heterocycles. The lowest BCUT2D eigenvalue weighted by molar-refractivity contribution is 0.340. The van der Waals surface area contributed by atoms with Gasteiger partial charge in [0.15, 0.2) is 0 Å². The van der Waals surface area contributed by atoms with E-state index in [1.54, 1.807) is 14.1 Å². The summed E-state index contributed by atoms with van der Waals surface area (Å²) in [7, 11) is 3.15. The van der Waals surface area contributed by atoms with E-state index in [9.17, 15) is 4.57 Å². The normalized spacial score (nSPS) is 18.6. The van der Waals surface area contributed by atoms with Crippen LogP contribution in [-0.2, 0) is 4.57 Å². The summed E-state index contributed by atoms with van der Waals surface area (Å²) in [6.07, 6.45) is 0. The molecular weight excluding hydrogens is 150 g/mol. The summed E-state index contributed by atoms with van der Waals surface area (Å²) < 4.78 is 10.2. The molecule has 0 saturated heterocycles. The molecule has 0 amide bonds. The fourth-order valence-corrected chi connectivity index (χ4v) is 1.19. The van der Waals surface area contributed by atoms with Crippen molar-refractivity contribution < 1.29 is 9.46 Å². The number of hydrogen-bond acceptors (Lipinski definition) is 2. The molecule has 0 aromatic heterocycles. The second-order valence-electron chi connectivity index (χ2n) is 1.50. The van der Waals surface area contributed by atoms with Gasteiger partial charge in [-0.25, -0.2) is 5.01 Å². The largest absolute Gasteiger partial charge is 0.371 e. The van der Waals surface area contributed by atoms with Gasteiger partial charge in [0.25, 0.3) is 0 Å². The minimum atomic E-state index is -3.57. The minimum Gasteiger partial charge on any atom is -0.321 e. The van der Waals surface area contributed by atoms with Gasteiger partial charge in [-0.05, 0) is 11.2 Å². The predicted octanol–water partition coefficient (Wildman–Crippen LogP) is 0.392. The smallest absolute Gasteiger partial charge is 0.321 e. The fraction of sp³-hybridized carbons (Fsp3) is 1.00. The number of nitrogens with zero attached hydrogens (tertiary/aromatic N) is 1. The zero-order valence-corrected chi connectivity index (χ0v) is 6.28. The Morgan fingerprint density at radius 1 is 1.75 bits per heavy atom. The van der Waals surface area contributed by atoms with Gasteiger partial charge < -0.3 is 4.89 Å². The van der Waals surface area contributed by atoms with Gasteiger partial charge in [-0.3, -0.25) is 4.57 Å². The maximum absolute atomic E-state index is 10.2. The third-order valence-corrected chi connectivity index (χ3v) is 1.20. The van der Waals surface area contributed by atoms with E-state index in [0.717, 1.165) is 0 Å². The Kier molecular flexibility index (Phi) is 2.94.